The molecule has 200 valence electrons. The first-order valence-electron chi connectivity index (χ1n) is 11.9. The predicted molar refractivity (Wildman–Crippen MR) is 133 cm³/mol. The molecular weight excluding hydrogens is 484 g/mol. The Hall–Kier alpha value is -3.32. The maximum Gasteiger partial charge on any atom is 0.275 e. The highest BCUT2D eigenvalue weighted by atomic mass is 16.6. The number of aromatic nitrogens is 3. The van der Waals surface area contributed by atoms with Crippen LogP contribution < -0.4 is 10.3 Å². The molecular formula is C25H32N4O8. The van der Waals surface area contributed by atoms with Crippen molar-refractivity contribution in [2.75, 3.05) is 13.7 Å². The first-order valence-corrected chi connectivity index (χ1v) is 11.9. The summed E-state index contributed by atoms with van der Waals surface area (Å²) >= 11 is 0. The average Bonchev–Trinajstić information content (AvgIpc) is 3.38. The molecule has 1 aliphatic rings. The summed E-state index contributed by atoms with van der Waals surface area (Å²) in [6.45, 7) is 6.99. The van der Waals surface area contributed by atoms with Crippen LogP contribution in [0.3, 0.4) is 0 Å². The molecule has 2 aromatic heterocycles. The Kier molecular flexibility index (Phi) is 7.38. The molecule has 4 atom stereocenters. The van der Waals surface area contributed by atoms with Crippen LogP contribution in [0.4, 0.5) is 5.69 Å². The second-order valence-electron chi connectivity index (χ2n) is 10.3. The third-order valence-electron chi connectivity index (χ3n) is 6.48. The van der Waals surface area contributed by atoms with Gasteiger partial charge in [0.2, 0.25) is 0 Å². The number of nitro groups is 1. The van der Waals surface area contributed by atoms with E-state index < -0.39 is 34.9 Å². The van der Waals surface area contributed by atoms with Crippen LogP contribution in [0.25, 0.3) is 11.0 Å². The Morgan fingerprint density at radius 2 is 2.11 bits per heavy atom. The Balaban J connectivity index is 1.76. The molecule has 4 rings (SSSR count). The number of H-pyrrole nitrogens is 1. The lowest BCUT2D eigenvalue weighted by Crippen LogP contribution is -2.24. The van der Waals surface area contributed by atoms with Gasteiger partial charge >= 0.3 is 0 Å². The number of nitrogens with zero attached hydrogens (tertiary/aromatic N) is 3. The number of rotatable bonds is 8. The first-order chi connectivity index (χ1) is 17.4. The molecule has 0 aliphatic carbocycles. The SMILES string of the molecule is COc1ccc([N+](=O)[O-])c(C(OCc2cn([C@H]3CC(O)[C@@H](CO)O3)c3nc(C)[nH]c(=O)c23)C(C)(C)C)c1. The van der Waals surface area contributed by atoms with E-state index in [4.69, 9.17) is 14.2 Å². The van der Waals surface area contributed by atoms with Crippen molar-refractivity contribution in [3.63, 3.8) is 0 Å². The molecule has 12 nitrogen and oxygen atoms in total. The van der Waals surface area contributed by atoms with Gasteiger partial charge in [0.25, 0.3) is 11.2 Å². The fraction of sp³-hybridized carbons (Fsp3) is 0.520. The normalized spacial score (nSPS) is 20.9. The number of methoxy groups -OCH3 is 1. The molecule has 37 heavy (non-hydrogen) atoms. The van der Waals surface area contributed by atoms with E-state index in [9.17, 15) is 25.1 Å². The molecule has 3 N–H and O–H groups in total. The van der Waals surface area contributed by atoms with Gasteiger partial charge in [-0.1, -0.05) is 20.8 Å². The van der Waals surface area contributed by atoms with E-state index in [1.807, 2.05) is 20.8 Å². The number of aromatic amines is 1. The molecule has 1 aliphatic heterocycles. The van der Waals surface area contributed by atoms with Gasteiger partial charge in [-0.25, -0.2) is 4.98 Å². The summed E-state index contributed by atoms with van der Waals surface area (Å²) in [5, 5.41) is 31.8. The largest absolute Gasteiger partial charge is 0.497 e. The molecule has 0 radical (unpaired) electrons. The third kappa shape index (κ3) is 5.23. The molecule has 1 fully saturated rings. The van der Waals surface area contributed by atoms with Gasteiger partial charge in [-0.05, 0) is 24.5 Å². The molecule has 12 heteroatoms. The molecule has 1 aromatic carbocycles. The van der Waals surface area contributed by atoms with Crippen LogP contribution in [-0.4, -0.2) is 55.6 Å². The number of hydrogen-bond donors (Lipinski definition) is 3. The lowest BCUT2D eigenvalue weighted by molar-refractivity contribution is -0.386. The van der Waals surface area contributed by atoms with Crippen molar-refractivity contribution < 1.29 is 29.3 Å². The van der Waals surface area contributed by atoms with Crippen LogP contribution in [0.15, 0.2) is 29.2 Å². The van der Waals surface area contributed by atoms with Crippen molar-refractivity contribution in [1.82, 2.24) is 14.5 Å². The number of ether oxygens (including phenoxy) is 3. The zero-order valence-electron chi connectivity index (χ0n) is 21.4. The molecule has 3 heterocycles. The van der Waals surface area contributed by atoms with E-state index in [0.29, 0.717) is 33.7 Å². The Morgan fingerprint density at radius 3 is 2.70 bits per heavy atom. The smallest absolute Gasteiger partial charge is 0.275 e. The highest BCUT2D eigenvalue weighted by Gasteiger charge is 2.37. The fourth-order valence-corrected chi connectivity index (χ4v) is 4.74. The number of hydrogen-bond acceptors (Lipinski definition) is 9. The number of benzene rings is 1. The molecule has 0 saturated carbocycles. The number of aliphatic hydroxyl groups excluding tert-OH is 2. The monoisotopic (exact) mass is 516 g/mol. The van der Waals surface area contributed by atoms with Gasteiger partial charge in [0.15, 0.2) is 0 Å². The van der Waals surface area contributed by atoms with Crippen LogP contribution >= 0.6 is 0 Å². The standard InChI is InChI=1S/C25H32N4O8/c1-13-26-23-21(24(32)27-13)14(10-28(23)20-9-18(31)19(11-30)37-20)12-36-22(25(2,3)4)16-8-15(35-5)6-7-17(16)29(33)34/h6-8,10,18-20,22,30-31H,9,11-12H2,1-5H3,(H,26,27,32)/t18?,19-,20-,22?/m1/s1. The molecule has 0 spiro atoms. The van der Waals surface area contributed by atoms with Gasteiger partial charge in [0.1, 0.15) is 29.6 Å². The zero-order valence-corrected chi connectivity index (χ0v) is 21.4. The van der Waals surface area contributed by atoms with E-state index in [1.165, 1.54) is 19.2 Å². The van der Waals surface area contributed by atoms with Crippen molar-refractivity contribution >= 4 is 16.7 Å². The minimum atomic E-state index is -0.867. The first kappa shape index (κ1) is 26.7. The predicted octanol–water partition coefficient (Wildman–Crippen LogP) is 2.89. The highest BCUT2D eigenvalue weighted by Crippen LogP contribution is 2.42. The Labute approximate surface area is 213 Å². The summed E-state index contributed by atoms with van der Waals surface area (Å²) < 4.78 is 19.1. The lowest BCUT2D eigenvalue weighted by atomic mass is 9.83. The average molecular weight is 517 g/mol. The van der Waals surface area contributed by atoms with Crippen molar-refractivity contribution in [2.24, 2.45) is 5.41 Å². The zero-order chi connectivity index (χ0) is 27.1. The number of nitrogens with one attached hydrogen (secondary N) is 1. The highest BCUT2D eigenvalue weighted by molar-refractivity contribution is 5.79. The summed E-state index contributed by atoms with van der Waals surface area (Å²) in [5.41, 5.74) is 0.211. The van der Waals surface area contributed by atoms with Gasteiger partial charge in [-0.2, -0.15) is 0 Å². The molecule has 3 aromatic rings. The molecule has 1 saturated heterocycles. The van der Waals surface area contributed by atoms with Crippen molar-refractivity contribution in [2.45, 2.75) is 65.3 Å². The summed E-state index contributed by atoms with van der Waals surface area (Å²) in [6, 6.07) is 4.51. The number of fused-ring (bicyclic) bond motifs is 1. The Morgan fingerprint density at radius 1 is 1.38 bits per heavy atom. The second kappa shape index (κ2) is 10.2. The van der Waals surface area contributed by atoms with Gasteiger partial charge in [0, 0.05) is 24.2 Å². The van der Waals surface area contributed by atoms with Crippen LogP contribution in [-0.2, 0) is 16.1 Å². The summed E-state index contributed by atoms with van der Waals surface area (Å²) in [7, 11) is 1.48. The third-order valence-corrected chi connectivity index (χ3v) is 6.48. The fourth-order valence-electron chi connectivity index (χ4n) is 4.74. The second-order valence-corrected chi connectivity index (χ2v) is 10.3. The number of aryl methyl sites for hydroxylation is 1. The van der Waals surface area contributed by atoms with Crippen molar-refractivity contribution in [3.8, 4) is 5.75 Å². The minimum absolute atomic E-state index is 0.0493. The van der Waals surface area contributed by atoms with E-state index in [2.05, 4.69) is 9.97 Å². The summed E-state index contributed by atoms with van der Waals surface area (Å²) in [5.74, 6) is 0.864. The van der Waals surface area contributed by atoms with Crippen molar-refractivity contribution in [1.29, 1.82) is 0 Å². The topological polar surface area (TPSA) is 162 Å². The van der Waals surface area contributed by atoms with E-state index in [-0.39, 0.29) is 30.9 Å². The quantitative estimate of drug-likeness (QED) is 0.302. The minimum Gasteiger partial charge on any atom is -0.497 e. The van der Waals surface area contributed by atoms with E-state index >= 15 is 0 Å². The van der Waals surface area contributed by atoms with Gasteiger partial charge < -0.3 is 34.0 Å². The van der Waals surface area contributed by atoms with Crippen LogP contribution in [0.2, 0.25) is 0 Å². The molecule has 2 unspecified atom stereocenters. The van der Waals surface area contributed by atoms with Crippen LogP contribution in [0.1, 0.15) is 56.5 Å². The van der Waals surface area contributed by atoms with Crippen molar-refractivity contribution in [3.05, 3.63) is 61.8 Å². The number of nitro benzene ring substituents is 1. The van der Waals surface area contributed by atoms with Gasteiger partial charge in [-0.3, -0.25) is 14.9 Å². The van der Waals surface area contributed by atoms with Gasteiger partial charge in [0.05, 0.1) is 48.4 Å². The molecule has 0 amide bonds. The van der Waals surface area contributed by atoms with Crippen LogP contribution in [0, 0.1) is 22.5 Å². The van der Waals surface area contributed by atoms with E-state index in [0.717, 1.165) is 0 Å². The van der Waals surface area contributed by atoms with Crippen LogP contribution in [0.5, 0.6) is 5.75 Å². The molecule has 0 bridgehead atoms. The maximum atomic E-state index is 13.0. The maximum absolute atomic E-state index is 13.0. The van der Waals surface area contributed by atoms with E-state index in [1.54, 1.807) is 23.8 Å². The Bertz CT molecular complexity index is 1360. The summed E-state index contributed by atoms with van der Waals surface area (Å²) in [6.07, 6.45) is -1.08. The number of aliphatic hydroxyl groups is 2. The summed E-state index contributed by atoms with van der Waals surface area (Å²) in [4.78, 5) is 31.5. The van der Waals surface area contributed by atoms with Gasteiger partial charge in [-0.15, -0.1) is 0 Å². The lowest BCUT2D eigenvalue weighted by Gasteiger charge is -2.31.